The van der Waals surface area contributed by atoms with E-state index in [0.29, 0.717) is 12.8 Å². The Labute approximate surface area is 428 Å². The van der Waals surface area contributed by atoms with Gasteiger partial charge in [0.25, 0.3) is 0 Å². The van der Waals surface area contributed by atoms with Gasteiger partial charge in [-0.1, -0.05) is 234 Å². The minimum absolute atomic E-state index is 0.126. The molecule has 0 fully saturated rings. The highest BCUT2D eigenvalue weighted by molar-refractivity contribution is 5.70. The number of carbonyl (C=O) groups is 2. The molecule has 1 N–H and O–H groups in total. The minimum Gasteiger partial charge on any atom is -0.462 e. The molecule has 0 aliphatic carbocycles. The normalized spacial score (nSPS) is 13.8. The predicted octanol–water partition coefficient (Wildman–Crippen LogP) is 18.5. The van der Waals surface area contributed by atoms with Crippen LogP contribution in [0, 0.1) is 0 Å². The molecule has 0 radical (unpaired) electrons. The van der Waals surface area contributed by atoms with E-state index < -0.39 is 6.10 Å². The molecular weight excluding hydrogens is 861 g/mol. The smallest absolute Gasteiger partial charge is 0.306 e. The number of rotatable bonds is 46. The summed E-state index contributed by atoms with van der Waals surface area (Å²) in [6.07, 6.45) is 93.9. The van der Waals surface area contributed by atoms with Gasteiger partial charge in [0.15, 0.2) is 6.10 Å². The fourth-order valence-corrected chi connectivity index (χ4v) is 6.43. The largest absolute Gasteiger partial charge is 0.462 e. The van der Waals surface area contributed by atoms with Crippen molar-refractivity contribution in [1.29, 1.82) is 0 Å². The highest BCUT2D eigenvalue weighted by Crippen LogP contribution is 2.11. The first-order valence-corrected chi connectivity index (χ1v) is 27.0. The van der Waals surface area contributed by atoms with Crippen LogP contribution in [-0.2, 0) is 19.1 Å². The van der Waals surface area contributed by atoms with Crippen molar-refractivity contribution in [3.05, 3.63) is 194 Å². The summed E-state index contributed by atoms with van der Waals surface area (Å²) in [5.41, 5.74) is 0. The first-order valence-electron chi connectivity index (χ1n) is 27.0. The molecule has 0 saturated heterocycles. The third kappa shape index (κ3) is 55.3. The topological polar surface area (TPSA) is 72.8 Å². The summed E-state index contributed by atoms with van der Waals surface area (Å²) in [5, 5.41) is 9.62. The number of ether oxygens (including phenoxy) is 2. The van der Waals surface area contributed by atoms with Crippen LogP contribution < -0.4 is 0 Å². The third-order valence-corrected chi connectivity index (χ3v) is 10.4. The molecule has 1 unspecified atom stereocenters. The summed E-state index contributed by atoms with van der Waals surface area (Å²) in [6, 6.07) is 0. The van der Waals surface area contributed by atoms with Gasteiger partial charge in [-0.2, -0.15) is 0 Å². The Kier molecular flexibility index (Phi) is 53.7. The SMILES string of the molecule is CC/C=C\C/C=C\C/C=C\C/C=C\C/C=C\C/C=C\C/C=C\C/C=C\C/C=C\C/C=C\CCCCCCCCC(=O)OC(CO)COC(=O)CC/C=C\C/C=C\C/C=C\C/C=C\C/C=C\C/C=C\CC. The van der Waals surface area contributed by atoms with Gasteiger partial charge in [0.05, 0.1) is 6.61 Å². The standard InChI is InChI=1S/C65H96O5/c1-3-5-7-9-11-13-15-17-19-21-23-24-25-26-27-28-29-30-31-32-33-34-35-36-37-38-39-40-42-44-46-48-50-52-54-56-58-60-65(68)70-63(61-66)62-69-64(67)59-57-55-53-51-49-47-45-43-41-22-20-18-16-14-12-10-8-6-4-2/h5-8,11-14,17-20,23-24,26-27,29-30,32-33,35-36,38-39,41-44,47,49,53,55,63,66H,3-4,9-10,15-16,21-22,25,28,31,34,37,40,45-46,48,50-52,54,56-62H2,1-2H3/b7-5-,8-6-,13-11-,14-12-,19-17-,20-18-,24-23-,27-26-,30-29-,33-32-,36-35-,39-38-,43-41-,44-42-,49-47-,55-53-. The molecule has 0 aromatic heterocycles. The van der Waals surface area contributed by atoms with Crippen molar-refractivity contribution in [2.75, 3.05) is 13.2 Å². The first-order chi connectivity index (χ1) is 34.6. The van der Waals surface area contributed by atoms with Gasteiger partial charge in [-0.15, -0.1) is 0 Å². The van der Waals surface area contributed by atoms with Crippen molar-refractivity contribution in [1.82, 2.24) is 0 Å². The molecule has 70 heavy (non-hydrogen) atoms. The molecule has 0 spiro atoms. The number of hydrogen-bond donors (Lipinski definition) is 1. The molecule has 1 atom stereocenters. The molecule has 0 saturated carbocycles. The summed E-state index contributed by atoms with van der Waals surface area (Å²) in [5.74, 6) is -0.725. The van der Waals surface area contributed by atoms with Crippen molar-refractivity contribution in [3.63, 3.8) is 0 Å². The maximum Gasteiger partial charge on any atom is 0.306 e. The minimum atomic E-state index is -0.827. The molecule has 0 aromatic rings. The van der Waals surface area contributed by atoms with E-state index in [1.807, 2.05) is 12.2 Å². The Morgan fingerprint density at radius 1 is 0.329 bits per heavy atom. The van der Waals surface area contributed by atoms with Gasteiger partial charge in [0.1, 0.15) is 6.61 Å². The highest BCUT2D eigenvalue weighted by atomic mass is 16.6. The average Bonchev–Trinajstić information content (AvgIpc) is 3.36. The van der Waals surface area contributed by atoms with Gasteiger partial charge in [-0.25, -0.2) is 0 Å². The van der Waals surface area contributed by atoms with Crippen LogP contribution in [-0.4, -0.2) is 36.4 Å². The van der Waals surface area contributed by atoms with E-state index in [1.165, 1.54) is 12.8 Å². The van der Waals surface area contributed by atoms with E-state index in [9.17, 15) is 14.7 Å². The maximum absolute atomic E-state index is 12.3. The Balaban J connectivity index is 3.73. The number of carbonyl (C=O) groups excluding carboxylic acids is 2. The van der Waals surface area contributed by atoms with E-state index in [0.717, 1.165) is 135 Å². The van der Waals surface area contributed by atoms with Crippen molar-refractivity contribution in [3.8, 4) is 0 Å². The summed E-state index contributed by atoms with van der Waals surface area (Å²) in [4.78, 5) is 24.4. The van der Waals surface area contributed by atoms with Crippen LogP contribution in [0.2, 0.25) is 0 Å². The fourth-order valence-electron chi connectivity index (χ4n) is 6.43. The molecule has 0 aliphatic heterocycles. The summed E-state index contributed by atoms with van der Waals surface area (Å²) < 4.78 is 10.6. The van der Waals surface area contributed by atoms with E-state index in [4.69, 9.17) is 9.47 Å². The zero-order valence-corrected chi connectivity index (χ0v) is 43.9. The number of aliphatic hydroxyl groups is 1. The second kappa shape index (κ2) is 58.1. The molecule has 386 valence electrons. The summed E-state index contributed by atoms with van der Waals surface area (Å²) in [6.45, 7) is 3.81. The van der Waals surface area contributed by atoms with Crippen molar-refractivity contribution in [2.24, 2.45) is 0 Å². The van der Waals surface area contributed by atoms with Crippen LogP contribution in [0.5, 0.6) is 0 Å². The Bertz CT molecular complexity index is 1700. The number of aliphatic hydroxyl groups excluding tert-OH is 1. The maximum atomic E-state index is 12.3. The number of esters is 2. The zero-order chi connectivity index (χ0) is 50.6. The molecule has 5 nitrogen and oxygen atoms in total. The van der Waals surface area contributed by atoms with Gasteiger partial charge in [0, 0.05) is 12.8 Å². The summed E-state index contributed by atoms with van der Waals surface area (Å²) >= 11 is 0. The van der Waals surface area contributed by atoms with Crippen LogP contribution in [0.25, 0.3) is 0 Å². The Hall–Kier alpha value is -5.26. The quantitative estimate of drug-likeness (QED) is 0.0374. The van der Waals surface area contributed by atoms with Crippen LogP contribution in [0.4, 0.5) is 0 Å². The fraction of sp³-hybridized carbons (Fsp3) is 0.477. The second-order valence-corrected chi connectivity index (χ2v) is 16.8. The van der Waals surface area contributed by atoms with Crippen molar-refractivity contribution in [2.45, 2.75) is 187 Å². The van der Waals surface area contributed by atoms with Crippen LogP contribution in [0.1, 0.15) is 181 Å². The average molecular weight is 957 g/mol. The van der Waals surface area contributed by atoms with Gasteiger partial charge >= 0.3 is 11.9 Å². The first kappa shape index (κ1) is 64.7. The lowest BCUT2D eigenvalue weighted by Crippen LogP contribution is -2.28. The van der Waals surface area contributed by atoms with Gasteiger partial charge in [-0.05, 0) is 128 Å². The molecule has 0 aliphatic rings. The van der Waals surface area contributed by atoms with Gasteiger partial charge in [-0.3, -0.25) is 9.59 Å². The lowest BCUT2D eigenvalue weighted by Gasteiger charge is -2.15. The Morgan fingerprint density at radius 3 is 0.914 bits per heavy atom. The predicted molar refractivity (Wildman–Crippen MR) is 306 cm³/mol. The third-order valence-electron chi connectivity index (χ3n) is 10.4. The monoisotopic (exact) mass is 957 g/mol. The van der Waals surface area contributed by atoms with E-state index in [2.05, 4.69) is 196 Å². The molecular formula is C65H96O5. The lowest BCUT2D eigenvalue weighted by atomic mass is 10.1. The second-order valence-electron chi connectivity index (χ2n) is 16.8. The molecule has 0 aromatic carbocycles. The lowest BCUT2D eigenvalue weighted by molar-refractivity contribution is -0.161. The van der Waals surface area contributed by atoms with Crippen LogP contribution >= 0.6 is 0 Å². The molecule has 0 heterocycles. The van der Waals surface area contributed by atoms with Crippen molar-refractivity contribution < 1.29 is 24.2 Å². The van der Waals surface area contributed by atoms with Crippen LogP contribution in [0.15, 0.2) is 194 Å². The van der Waals surface area contributed by atoms with E-state index in [-0.39, 0.29) is 31.6 Å². The number of hydrogen-bond acceptors (Lipinski definition) is 5. The molecule has 0 amide bonds. The van der Waals surface area contributed by atoms with Gasteiger partial charge in [0.2, 0.25) is 0 Å². The molecule has 5 heteroatoms. The van der Waals surface area contributed by atoms with Gasteiger partial charge < -0.3 is 14.6 Å². The number of allylic oxidation sites excluding steroid dienone is 32. The van der Waals surface area contributed by atoms with E-state index in [1.54, 1.807) is 0 Å². The highest BCUT2D eigenvalue weighted by Gasteiger charge is 2.15. The van der Waals surface area contributed by atoms with Crippen LogP contribution in [0.3, 0.4) is 0 Å². The van der Waals surface area contributed by atoms with E-state index >= 15 is 0 Å². The Morgan fingerprint density at radius 2 is 0.600 bits per heavy atom. The molecule has 0 bridgehead atoms. The van der Waals surface area contributed by atoms with Crippen molar-refractivity contribution >= 4 is 11.9 Å². The number of unbranched alkanes of at least 4 members (excludes halogenated alkanes) is 6. The summed E-state index contributed by atoms with van der Waals surface area (Å²) in [7, 11) is 0. The molecule has 0 rings (SSSR count). The zero-order valence-electron chi connectivity index (χ0n) is 43.9.